The molecule has 4 nitrogen and oxygen atoms in total. The lowest BCUT2D eigenvalue weighted by Crippen LogP contribution is -2.40. The number of carbonyl (C=O) groups is 2. The highest BCUT2D eigenvalue weighted by atomic mass is 16.5. The van der Waals surface area contributed by atoms with Crippen LogP contribution >= 0.6 is 0 Å². The van der Waals surface area contributed by atoms with Crippen molar-refractivity contribution in [2.45, 2.75) is 26.7 Å². The Balaban J connectivity index is 2.41. The van der Waals surface area contributed by atoms with Gasteiger partial charge in [-0.1, -0.05) is 0 Å². The topological polar surface area (TPSA) is 52.6 Å². The second-order valence-electron chi connectivity index (χ2n) is 3.29. The van der Waals surface area contributed by atoms with Crippen LogP contribution in [0.15, 0.2) is 0 Å². The minimum atomic E-state index is -0.269. The van der Waals surface area contributed by atoms with E-state index in [9.17, 15) is 9.59 Å². The molecule has 0 unspecified atom stereocenters. The van der Waals surface area contributed by atoms with Crippen molar-refractivity contribution in [3.8, 4) is 0 Å². The molecule has 0 aliphatic heterocycles. The predicted octanol–water partition coefficient (Wildman–Crippen LogP) is 1.14. The predicted molar refractivity (Wildman–Crippen MR) is 49.5 cm³/mol. The normalized spacial score (nSPS) is 25.0. The van der Waals surface area contributed by atoms with E-state index in [0.717, 1.165) is 12.8 Å². The maximum absolute atomic E-state index is 11.3. The zero-order chi connectivity index (χ0) is 10.6. The third-order valence-corrected chi connectivity index (χ3v) is 2.45. The third kappa shape index (κ3) is 2.25. The van der Waals surface area contributed by atoms with Crippen LogP contribution < -0.4 is 0 Å². The molecule has 0 radical (unpaired) electrons. The van der Waals surface area contributed by atoms with Gasteiger partial charge in [0.2, 0.25) is 0 Å². The van der Waals surface area contributed by atoms with Crippen LogP contribution in [0, 0.1) is 11.8 Å². The van der Waals surface area contributed by atoms with Gasteiger partial charge in [-0.05, 0) is 26.7 Å². The molecule has 0 aromatic rings. The van der Waals surface area contributed by atoms with E-state index >= 15 is 0 Å². The number of rotatable bonds is 4. The highest BCUT2D eigenvalue weighted by Gasteiger charge is 2.43. The van der Waals surface area contributed by atoms with Gasteiger partial charge < -0.3 is 9.47 Å². The molecule has 1 saturated carbocycles. The molecule has 0 amide bonds. The van der Waals surface area contributed by atoms with E-state index in [0.29, 0.717) is 13.2 Å². The van der Waals surface area contributed by atoms with Crippen molar-refractivity contribution in [1.29, 1.82) is 0 Å². The Morgan fingerprint density at radius 2 is 1.36 bits per heavy atom. The molecule has 1 fully saturated rings. The molecule has 0 bridgehead atoms. The third-order valence-electron chi connectivity index (χ3n) is 2.45. The second kappa shape index (κ2) is 4.98. The Hall–Kier alpha value is -1.06. The molecule has 0 aromatic carbocycles. The van der Waals surface area contributed by atoms with Gasteiger partial charge in [-0.25, -0.2) is 0 Å². The second-order valence-corrected chi connectivity index (χ2v) is 3.29. The summed E-state index contributed by atoms with van der Waals surface area (Å²) in [6.45, 7) is 4.25. The van der Waals surface area contributed by atoms with Gasteiger partial charge in [-0.15, -0.1) is 0 Å². The lowest BCUT2D eigenvalue weighted by atomic mass is 9.74. The van der Waals surface area contributed by atoms with Crippen LogP contribution in [-0.4, -0.2) is 25.2 Å². The molecule has 0 heterocycles. The summed E-state index contributed by atoms with van der Waals surface area (Å²) in [5.41, 5.74) is 0. The van der Waals surface area contributed by atoms with Crippen LogP contribution in [0.1, 0.15) is 26.7 Å². The number of carbonyl (C=O) groups excluding carboxylic acids is 2. The highest BCUT2D eigenvalue weighted by Crippen LogP contribution is 2.36. The Labute approximate surface area is 83.6 Å². The summed E-state index contributed by atoms with van der Waals surface area (Å²) in [4.78, 5) is 22.6. The average molecular weight is 200 g/mol. The van der Waals surface area contributed by atoms with Gasteiger partial charge in [0, 0.05) is 0 Å². The Morgan fingerprint density at radius 3 is 1.57 bits per heavy atom. The van der Waals surface area contributed by atoms with E-state index < -0.39 is 0 Å². The van der Waals surface area contributed by atoms with Gasteiger partial charge >= 0.3 is 11.9 Å². The minimum absolute atomic E-state index is 0.267. The molecule has 4 heteroatoms. The number of esters is 2. The molecule has 0 N–H and O–H groups in total. The van der Waals surface area contributed by atoms with Gasteiger partial charge in [0.15, 0.2) is 0 Å². The molecule has 80 valence electrons. The van der Waals surface area contributed by atoms with Crippen molar-refractivity contribution in [1.82, 2.24) is 0 Å². The fraction of sp³-hybridized carbons (Fsp3) is 0.800. The first kappa shape index (κ1) is 11.0. The van der Waals surface area contributed by atoms with Crippen molar-refractivity contribution in [2.24, 2.45) is 11.8 Å². The minimum Gasteiger partial charge on any atom is -0.466 e. The van der Waals surface area contributed by atoms with E-state index in [1.54, 1.807) is 13.8 Å². The lowest BCUT2D eigenvalue weighted by Gasteiger charge is -2.32. The van der Waals surface area contributed by atoms with Crippen LogP contribution in [0.2, 0.25) is 0 Å². The van der Waals surface area contributed by atoms with E-state index in [-0.39, 0.29) is 23.8 Å². The van der Waals surface area contributed by atoms with Gasteiger partial charge in [0.05, 0.1) is 25.0 Å². The number of hydrogen-bond acceptors (Lipinski definition) is 4. The number of ether oxygens (including phenoxy) is 2. The monoisotopic (exact) mass is 200 g/mol. The van der Waals surface area contributed by atoms with E-state index in [2.05, 4.69) is 0 Å². The number of hydrogen-bond donors (Lipinski definition) is 0. The largest absolute Gasteiger partial charge is 0.466 e. The smallest absolute Gasteiger partial charge is 0.309 e. The molecule has 1 rings (SSSR count). The summed E-state index contributed by atoms with van der Waals surface area (Å²) < 4.78 is 9.72. The summed E-state index contributed by atoms with van der Waals surface area (Å²) in [7, 11) is 0. The molecule has 2 atom stereocenters. The quantitative estimate of drug-likeness (QED) is 0.638. The molecule has 0 saturated heterocycles. The molecular weight excluding hydrogens is 184 g/mol. The van der Waals surface area contributed by atoms with Crippen molar-refractivity contribution in [3.05, 3.63) is 0 Å². The van der Waals surface area contributed by atoms with E-state index in [4.69, 9.17) is 9.47 Å². The summed E-state index contributed by atoms with van der Waals surface area (Å²) in [6.07, 6.45) is 1.48. The summed E-state index contributed by atoms with van der Waals surface area (Å²) in [5, 5.41) is 0. The first-order valence-corrected chi connectivity index (χ1v) is 5.04. The summed E-state index contributed by atoms with van der Waals surface area (Å²) >= 11 is 0. The van der Waals surface area contributed by atoms with Crippen LogP contribution in [0.4, 0.5) is 0 Å². The van der Waals surface area contributed by atoms with Crippen molar-refractivity contribution < 1.29 is 19.1 Å². The highest BCUT2D eigenvalue weighted by molar-refractivity contribution is 5.83. The van der Waals surface area contributed by atoms with Gasteiger partial charge in [-0.3, -0.25) is 9.59 Å². The molecule has 14 heavy (non-hydrogen) atoms. The molecule has 1 aliphatic rings. The van der Waals surface area contributed by atoms with Crippen LogP contribution in [-0.2, 0) is 19.1 Å². The van der Waals surface area contributed by atoms with Crippen LogP contribution in [0.5, 0.6) is 0 Å². The molecule has 0 aromatic heterocycles. The SMILES string of the molecule is CCOC(=O)[C@H]1CC[C@@H]1C(=O)OCC. The fourth-order valence-electron chi connectivity index (χ4n) is 1.56. The van der Waals surface area contributed by atoms with Crippen LogP contribution in [0.3, 0.4) is 0 Å². The molecule has 0 spiro atoms. The van der Waals surface area contributed by atoms with E-state index in [1.807, 2.05) is 0 Å². The Kier molecular flexibility index (Phi) is 3.92. The van der Waals surface area contributed by atoms with Gasteiger partial charge in [-0.2, -0.15) is 0 Å². The Bertz CT molecular complexity index is 200. The summed E-state index contributed by atoms with van der Waals surface area (Å²) in [5.74, 6) is -1.07. The average Bonchev–Trinajstić information content (AvgIpc) is 2.02. The van der Waals surface area contributed by atoms with Crippen molar-refractivity contribution in [2.75, 3.05) is 13.2 Å². The molecule has 1 aliphatic carbocycles. The zero-order valence-electron chi connectivity index (χ0n) is 8.62. The van der Waals surface area contributed by atoms with Gasteiger partial charge in [0.1, 0.15) is 0 Å². The Morgan fingerprint density at radius 1 is 1.00 bits per heavy atom. The first-order chi connectivity index (χ1) is 6.70. The molecular formula is C10H16O4. The maximum Gasteiger partial charge on any atom is 0.309 e. The van der Waals surface area contributed by atoms with E-state index in [1.165, 1.54) is 0 Å². The van der Waals surface area contributed by atoms with Crippen LogP contribution in [0.25, 0.3) is 0 Å². The standard InChI is InChI=1S/C10H16O4/c1-3-13-9(11)7-5-6-8(7)10(12)14-4-2/h7-8H,3-6H2,1-2H3/t7-,8-/m0/s1. The van der Waals surface area contributed by atoms with Crippen molar-refractivity contribution in [3.63, 3.8) is 0 Å². The fourth-order valence-corrected chi connectivity index (χ4v) is 1.56. The van der Waals surface area contributed by atoms with Gasteiger partial charge in [0.25, 0.3) is 0 Å². The summed E-state index contributed by atoms with van der Waals surface area (Å²) in [6, 6.07) is 0. The zero-order valence-corrected chi connectivity index (χ0v) is 8.62. The lowest BCUT2D eigenvalue weighted by molar-refractivity contribution is -0.166. The maximum atomic E-state index is 11.3. The van der Waals surface area contributed by atoms with Crippen molar-refractivity contribution >= 4 is 11.9 Å². The first-order valence-electron chi connectivity index (χ1n) is 5.04.